The predicted octanol–water partition coefficient (Wildman–Crippen LogP) is -1.43. The van der Waals surface area contributed by atoms with E-state index < -0.39 is 0 Å². The fraction of sp³-hybridized carbons (Fsp3) is 1.00. The maximum atomic E-state index is 5.52. The molecule has 1 unspecified atom stereocenters. The molecule has 0 aromatic carbocycles. The van der Waals surface area contributed by atoms with Crippen LogP contribution in [0.15, 0.2) is 0 Å². The van der Waals surface area contributed by atoms with Crippen LogP contribution >= 0.6 is 0 Å². The van der Waals surface area contributed by atoms with Gasteiger partial charge in [-0.2, -0.15) is 5.12 Å². The van der Waals surface area contributed by atoms with Crippen LogP contribution in [0.25, 0.3) is 0 Å². The van der Waals surface area contributed by atoms with Gasteiger partial charge in [0.2, 0.25) is 0 Å². The van der Waals surface area contributed by atoms with E-state index in [1.54, 1.807) is 0 Å². The van der Waals surface area contributed by atoms with Gasteiger partial charge in [-0.3, -0.25) is 0 Å². The smallest absolute Gasteiger partial charge is 0.0838 e. The van der Waals surface area contributed by atoms with Gasteiger partial charge in [-0.1, -0.05) is 0 Å². The zero-order valence-corrected chi connectivity index (χ0v) is 5.26. The van der Waals surface area contributed by atoms with Crippen molar-refractivity contribution >= 4 is 0 Å². The number of hydrogen-bond acceptors (Lipinski definition) is 4. The Labute approximate surface area is 49.2 Å². The van der Waals surface area contributed by atoms with Crippen molar-refractivity contribution in [2.45, 2.75) is 6.17 Å². The second-order valence-corrected chi connectivity index (χ2v) is 2.10. The summed E-state index contributed by atoms with van der Waals surface area (Å²) in [7, 11) is 3.92. The number of nitrogens with zero attached hydrogens (tertiary/aromatic N) is 2. The Balaban J connectivity index is 2.39. The Morgan fingerprint density at radius 3 is 2.38 bits per heavy atom. The summed E-state index contributed by atoms with van der Waals surface area (Å²) < 4.78 is 0. The second kappa shape index (κ2) is 1.99. The van der Waals surface area contributed by atoms with Crippen molar-refractivity contribution in [1.29, 1.82) is 0 Å². The maximum Gasteiger partial charge on any atom is 0.0838 e. The summed E-state index contributed by atoms with van der Waals surface area (Å²) in [5, 5.41) is 3.90. The van der Waals surface area contributed by atoms with Gasteiger partial charge in [0.25, 0.3) is 0 Å². The highest BCUT2D eigenvalue weighted by Crippen LogP contribution is 1.94. The number of hydrazine groups is 2. The van der Waals surface area contributed by atoms with Crippen LogP contribution in [0.4, 0.5) is 0 Å². The molecule has 8 heavy (non-hydrogen) atoms. The normalized spacial score (nSPS) is 34.1. The zero-order chi connectivity index (χ0) is 6.15. The number of rotatable bonds is 0. The molecule has 1 fully saturated rings. The van der Waals surface area contributed by atoms with E-state index in [9.17, 15) is 0 Å². The van der Waals surface area contributed by atoms with Crippen LogP contribution in [0.5, 0.6) is 0 Å². The first-order valence-electron chi connectivity index (χ1n) is 2.66. The summed E-state index contributed by atoms with van der Waals surface area (Å²) >= 11 is 0. The number of nitrogens with one attached hydrogen (secondary N) is 1. The molecule has 48 valence electrons. The first kappa shape index (κ1) is 5.97. The molecule has 4 nitrogen and oxygen atoms in total. The minimum atomic E-state index is 0.102. The van der Waals surface area contributed by atoms with Gasteiger partial charge in [-0.05, 0) is 0 Å². The third-order valence-electron chi connectivity index (χ3n) is 1.33. The molecule has 1 heterocycles. The highest BCUT2D eigenvalue weighted by molar-refractivity contribution is 4.64. The molecule has 1 rings (SSSR count). The SMILES string of the molecule is CN1CC(N)NN1C. The Bertz CT molecular complexity index is 74.1. The molecule has 0 aromatic heterocycles. The van der Waals surface area contributed by atoms with Crippen LogP contribution in [0.3, 0.4) is 0 Å². The molecule has 0 bridgehead atoms. The lowest BCUT2D eigenvalue weighted by Gasteiger charge is -2.16. The summed E-state index contributed by atoms with van der Waals surface area (Å²) in [5.41, 5.74) is 8.52. The van der Waals surface area contributed by atoms with Crippen molar-refractivity contribution in [1.82, 2.24) is 15.6 Å². The Kier molecular flexibility index (Phi) is 1.48. The molecule has 0 aromatic rings. The molecule has 1 aliphatic heterocycles. The van der Waals surface area contributed by atoms with E-state index in [-0.39, 0.29) is 6.17 Å². The third-order valence-corrected chi connectivity index (χ3v) is 1.33. The Hall–Kier alpha value is -0.160. The number of hydrogen-bond donors (Lipinski definition) is 2. The topological polar surface area (TPSA) is 44.5 Å². The van der Waals surface area contributed by atoms with Crippen molar-refractivity contribution in [2.24, 2.45) is 5.73 Å². The quantitative estimate of drug-likeness (QED) is 0.407. The monoisotopic (exact) mass is 116 g/mol. The highest BCUT2D eigenvalue weighted by Gasteiger charge is 2.18. The molecule has 0 spiro atoms. The molecule has 0 aliphatic carbocycles. The Morgan fingerprint density at radius 2 is 2.25 bits per heavy atom. The van der Waals surface area contributed by atoms with Crippen molar-refractivity contribution in [3.8, 4) is 0 Å². The molecule has 0 amide bonds. The van der Waals surface area contributed by atoms with E-state index in [4.69, 9.17) is 5.73 Å². The lowest BCUT2D eigenvalue weighted by atomic mass is 10.5. The van der Waals surface area contributed by atoms with Gasteiger partial charge in [0.1, 0.15) is 0 Å². The highest BCUT2D eigenvalue weighted by atomic mass is 15.8. The Morgan fingerprint density at radius 1 is 1.62 bits per heavy atom. The lowest BCUT2D eigenvalue weighted by Crippen LogP contribution is -2.40. The molecule has 3 N–H and O–H groups in total. The van der Waals surface area contributed by atoms with Crippen LogP contribution in [0.2, 0.25) is 0 Å². The average Bonchev–Trinajstić information content (AvgIpc) is 1.85. The van der Waals surface area contributed by atoms with Gasteiger partial charge in [0.05, 0.1) is 6.17 Å². The minimum Gasteiger partial charge on any atom is -0.314 e. The van der Waals surface area contributed by atoms with Gasteiger partial charge >= 0.3 is 0 Å². The van der Waals surface area contributed by atoms with Crippen LogP contribution in [-0.2, 0) is 0 Å². The molecule has 1 atom stereocenters. The maximum absolute atomic E-state index is 5.52. The van der Waals surface area contributed by atoms with Crippen molar-refractivity contribution in [2.75, 3.05) is 20.6 Å². The van der Waals surface area contributed by atoms with E-state index in [0.29, 0.717) is 0 Å². The summed E-state index contributed by atoms with van der Waals surface area (Å²) in [6.07, 6.45) is 0.102. The van der Waals surface area contributed by atoms with Gasteiger partial charge in [0.15, 0.2) is 0 Å². The number of nitrogens with two attached hydrogens (primary N) is 1. The van der Waals surface area contributed by atoms with E-state index in [1.807, 2.05) is 24.2 Å². The van der Waals surface area contributed by atoms with Crippen molar-refractivity contribution in [3.05, 3.63) is 0 Å². The minimum absolute atomic E-state index is 0.102. The molecule has 4 heteroatoms. The largest absolute Gasteiger partial charge is 0.314 e. The van der Waals surface area contributed by atoms with Gasteiger partial charge in [-0.25, -0.2) is 10.4 Å². The van der Waals surface area contributed by atoms with Crippen LogP contribution in [0.1, 0.15) is 0 Å². The van der Waals surface area contributed by atoms with Crippen LogP contribution < -0.4 is 11.2 Å². The molecular weight excluding hydrogens is 104 g/mol. The molecule has 1 aliphatic rings. The van der Waals surface area contributed by atoms with E-state index in [2.05, 4.69) is 5.43 Å². The van der Waals surface area contributed by atoms with Gasteiger partial charge in [0, 0.05) is 20.6 Å². The van der Waals surface area contributed by atoms with Crippen LogP contribution in [-0.4, -0.2) is 36.9 Å². The van der Waals surface area contributed by atoms with Gasteiger partial charge in [-0.15, -0.1) is 0 Å². The summed E-state index contributed by atoms with van der Waals surface area (Å²) in [6, 6.07) is 0. The predicted molar refractivity (Wildman–Crippen MR) is 31.5 cm³/mol. The first-order chi connectivity index (χ1) is 3.70. The molecule has 1 saturated heterocycles. The fourth-order valence-electron chi connectivity index (χ4n) is 0.787. The van der Waals surface area contributed by atoms with E-state index >= 15 is 0 Å². The summed E-state index contributed by atoms with van der Waals surface area (Å²) in [4.78, 5) is 0. The van der Waals surface area contributed by atoms with E-state index in [1.165, 1.54) is 0 Å². The molecule has 0 saturated carbocycles. The molecular formula is C4H12N4. The number of likely N-dealkylation sites (N-methyl/N-ethyl adjacent to an activating group) is 1. The zero-order valence-electron chi connectivity index (χ0n) is 5.26. The fourth-order valence-corrected chi connectivity index (χ4v) is 0.787. The van der Waals surface area contributed by atoms with Crippen molar-refractivity contribution in [3.63, 3.8) is 0 Å². The van der Waals surface area contributed by atoms with Crippen molar-refractivity contribution < 1.29 is 0 Å². The van der Waals surface area contributed by atoms with Gasteiger partial charge < -0.3 is 5.73 Å². The summed E-state index contributed by atoms with van der Waals surface area (Å²) in [5.74, 6) is 0. The average molecular weight is 116 g/mol. The molecule has 0 radical (unpaired) electrons. The summed E-state index contributed by atoms with van der Waals surface area (Å²) in [6.45, 7) is 0.885. The van der Waals surface area contributed by atoms with E-state index in [0.717, 1.165) is 6.54 Å². The lowest BCUT2D eigenvalue weighted by molar-refractivity contribution is 0.0443. The standard InChI is InChI=1S/C4H12N4/c1-7-3-4(5)6-8(7)2/h4,6H,3,5H2,1-2H3. The second-order valence-electron chi connectivity index (χ2n) is 2.10. The van der Waals surface area contributed by atoms with Crippen LogP contribution in [0, 0.1) is 0 Å². The third kappa shape index (κ3) is 0.976. The first-order valence-corrected chi connectivity index (χ1v) is 2.66.